The molecule has 1 rings (SSSR count). The van der Waals surface area contributed by atoms with Crippen molar-refractivity contribution in [2.24, 2.45) is 0 Å². The van der Waals surface area contributed by atoms with Crippen LogP contribution in [0.3, 0.4) is 0 Å². The van der Waals surface area contributed by atoms with E-state index in [0.29, 0.717) is 0 Å². The highest BCUT2D eigenvalue weighted by molar-refractivity contribution is 5.43. The first-order valence-electron chi connectivity index (χ1n) is 2.86. The predicted molar refractivity (Wildman–Crippen MR) is 38.4 cm³/mol. The van der Waals surface area contributed by atoms with E-state index >= 15 is 0 Å². The van der Waals surface area contributed by atoms with Crippen molar-refractivity contribution in [3.05, 3.63) is 30.3 Å². The van der Waals surface area contributed by atoms with Gasteiger partial charge in [0, 0.05) is 19.8 Å². The molecule has 0 atom stereocenters. The van der Waals surface area contributed by atoms with Crippen LogP contribution in [0.5, 0.6) is 0 Å². The summed E-state index contributed by atoms with van der Waals surface area (Å²) in [6.45, 7) is 0. The van der Waals surface area contributed by atoms with E-state index < -0.39 is 0 Å². The smallest absolute Gasteiger partial charge is 0.0367 e. The first-order chi connectivity index (χ1) is 4.30. The fourth-order valence-electron chi connectivity index (χ4n) is 0.617. The molecule has 1 nitrogen and oxygen atoms in total. The second-order valence-corrected chi connectivity index (χ2v) is 2.09. The molecule has 0 aliphatic carbocycles. The number of benzene rings is 1. The maximum Gasteiger partial charge on any atom is 0.0367 e. The van der Waals surface area contributed by atoms with Gasteiger partial charge in [-0.25, -0.2) is 0 Å². The van der Waals surface area contributed by atoms with Gasteiger partial charge in [-0.05, 0) is 24.3 Å². The van der Waals surface area contributed by atoms with Crippen molar-refractivity contribution < 1.29 is 0 Å². The normalized spacial score (nSPS) is 9.11. The summed E-state index contributed by atoms with van der Waals surface area (Å²) in [5.74, 6) is 0. The second kappa shape index (κ2) is 2.53. The van der Waals surface area contributed by atoms with Crippen LogP contribution in [0.2, 0.25) is 0 Å². The van der Waals surface area contributed by atoms with E-state index in [1.807, 2.05) is 37.2 Å². The van der Waals surface area contributed by atoms with Gasteiger partial charge in [-0.15, -0.1) is 0 Å². The monoisotopic (exact) mass is 119 g/mol. The van der Waals surface area contributed by atoms with Crippen LogP contribution in [-0.2, 0) is 0 Å². The van der Waals surface area contributed by atoms with Crippen molar-refractivity contribution in [2.75, 3.05) is 19.0 Å². The fraction of sp³-hybridized carbons (Fsp3) is 0.250. The summed E-state index contributed by atoms with van der Waals surface area (Å²) in [5.41, 5.74) is 1.16. The molecule has 0 bridgehead atoms. The van der Waals surface area contributed by atoms with Crippen LogP contribution in [-0.4, -0.2) is 14.1 Å². The lowest BCUT2D eigenvalue weighted by molar-refractivity contribution is 1.13. The maximum absolute atomic E-state index is 2.88. The van der Waals surface area contributed by atoms with Gasteiger partial charge >= 0.3 is 0 Å². The third-order valence-corrected chi connectivity index (χ3v) is 1.16. The summed E-state index contributed by atoms with van der Waals surface area (Å²) >= 11 is 0. The van der Waals surface area contributed by atoms with Crippen LogP contribution in [0, 0.1) is 12.1 Å². The average molecular weight is 119 g/mol. The Bertz CT molecular complexity index is 167. The maximum atomic E-state index is 2.88. The van der Waals surface area contributed by atoms with Crippen LogP contribution in [0.4, 0.5) is 5.69 Å². The standard InChI is InChI=1S/C8H9N/c1-9(2)8-6-4-3-5-7-8/h4,6-7H,1-2H3. The summed E-state index contributed by atoms with van der Waals surface area (Å²) in [6.07, 6.45) is 0. The van der Waals surface area contributed by atoms with E-state index in [9.17, 15) is 0 Å². The third kappa shape index (κ3) is 1.46. The van der Waals surface area contributed by atoms with Crippen molar-refractivity contribution in [2.45, 2.75) is 0 Å². The van der Waals surface area contributed by atoms with Gasteiger partial charge in [0.1, 0.15) is 0 Å². The molecule has 1 aromatic carbocycles. The van der Waals surface area contributed by atoms with E-state index in [1.165, 1.54) is 0 Å². The lowest BCUT2D eigenvalue weighted by Crippen LogP contribution is -2.07. The lowest BCUT2D eigenvalue weighted by Gasteiger charge is -2.10. The van der Waals surface area contributed by atoms with Crippen LogP contribution in [0.1, 0.15) is 0 Å². The van der Waals surface area contributed by atoms with E-state index in [-0.39, 0.29) is 0 Å². The second-order valence-electron chi connectivity index (χ2n) is 2.09. The SMILES string of the molecule is CN(C)c1c[c][c]cc1. The van der Waals surface area contributed by atoms with Gasteiger partial charge < -0.3 is 4.90 Å². The molecule has 0 aliphatic rings. The Balaban J connectivity index is 2.85. The zero-order valence-electron chi connectivity index (χ0n) is 5.68. The summed E-state index contributed by atoms with van der Waals surface area (Å²) in [5, 5.41) is 0. The first kappa shape index (κ1) is 6.14. The molecule has 1 heteroatoms. The fourth-order valence-corrected chi connectivity index (χ4v) is 0.617. The van der Waals surface area contributed by atoms with Gasteiger partial charge in [-0.3, -0.25) is 0 Å². The third-order valence-electron chi connectivity index (χ3n) is 1.16. The van der Waals surface area contributed by atoms with E-state index in [4.69, 9.17) is 0 Å². The highest BCUT2D eigenvalue weighted by atomic mass is 15.1. The Morgan fingerprint density at radius 3 is 2.44 bits per heavy atom. The van der Waals surface area contributed by atoms with Gasteiger partial charge in [-0.1, -0.05) is 6.07 Å². The lowest BCUT2D eigenvalue weighted by atomic mass is 10.3. The molecule has 0 spiro atoms. The molecule has 0 saturated heterocycles. The highest BCUT2D eigenvalue weighted by Crippen LogP contribution is 2.06. The Kier molecular flexibility index (Phi) is 1.73. The molecule has 2 radical (unpaired) electrons. The molecule has 0 unspecified atom stereocenters. The minimum absolute atomic E-state index is 1.16. The Hall–Kier alpha value is -0.980. The number of rotatable bonds is 1. The summed E-state index contributed by atoms with van der Waals surface area (Å²) < 4.78 is 0. The van der Waals surface area contributed by atoms with Crippen molar-refractivity contribution in [1.82, 2.24) is 0 Å². The van der Waals surface area contributed by atoms with E-state index in [1.54, 1.807) is 0 Å². The zero-order chi connectivity index (χ0) is 6.69. The van der Waals surface area contributed by atoms with Gasteiger partial charge in [0.05, 0.1) is 0 Å². The number of nitrogens with zero attached hydrogens (tertiary/aromatic N) is 1. The minimum Gasteiger partial charge on any atom is -0.378 e. The molecular formula is C8H9N. The Labute approximate surface area is 55.9 Å². The van der Waals surface area contributed by atoms with Crippen molar-refractivity contribution in [3.8, 4) is 0 Å². The van der Waals surface area contributed by atoms with Crippen LogP contribution >= 0.6 is 0 Å². The van der Waals surface area contributed by atoms with E-state index in [2.05, 4.69) is 12.1 Å². The molecule has 9 heavy (non-hydrogen) atoms. The summed E-state index contributed by atoms with van der Waals surface area (Å²) in [6, 6.07) is 11.5. The summed E-state index contributed by atoms with van der Waals surface area (Å²) in [4.78, 5) is 2.03. The predicted octanol–water partition coefficient (Wildman–Crippen LogP) is 1.35. The number of hydrogen-bond donors (Lipinski definition) is 0. The van der Waals surface area contributed by atoms with Gasteiger partial charge in [-0.2, -0.15) is 0 Å². The van der Waals surface area contributed by atoms with Crippen molar-refractivity contribution in [3.63, 3.8) is 0 Å². The average Bonchev–Trinajstić information content (AvgIpc) is 1.90. The van der Waals surface area contributed by atoms with Crippen LogP contribution < -0.4 is 4.90 Å². The molecule has 0 heterocycles. The number of anilines is 1. The molecule has 0 amide bonds. The van der Waals surface area contributed by atoms with Gasteiger partial charge in [0.2, 0.25) is 0 Å². The molecule has 0 N–H and O–H groups in total. The summed E-state index contributed by atoms with van der Waals surface area (Å²) in [7, 11) is 4.01. The minimum atomic E-state index is 1.16. The van der Waals surface area contributed by atoms with Crippen LogP contribution in [0.25, 0.3) is 0 Å². The van der Waals surface area contributed by atoms with Gasteiger partial charge in [0.25, 0.3) is 0 Å². The quantitative estimate of drug-likeness (QED) is 0.539. The molecule has 46 valence electrons. The Morgan fingerprint density at radius 2 is 2.11 bits per heavy atom. The largest absolute Gasteiger partial charge is 0.378 e. The number of hydrogen-bond acceptors (Lipinski definition) is 1. The Morgan fingerprint density at radius 1 is 1.33 bits per heavy atom. The highest BCUT2D eigenvalue weighted by Gasteiger charge is 1.88. The molecule has 1 aromatic rings. The molecule has 0 aliphatic heterocycles. The van der Waals surface area contributed by atoms with E-state index in [0.717, 1.165) is 5.69 Å². The van der Waals surface area contributed by atoms with Crippen molar-refractivity contribution >= 4 is 5.69 Å². The molecule has 0 saturated carbocycles. The zero-order valence-corrected chi connectivity index (χ0v) is 5.68. The topological polar surface area (TPSA) is 3.24 Å². The van der Waals surface area contributed by atoms with Crippen molar-refractivity contribution in [1.29, 1.82) is 0 Å². The van der Waals surface area contributed by atoms with Gasteiger partial charge in [0.15, 0.2) is 0 Å². The van der Waals surface area contributed by atoms with Crippen LogP contribution in [0.15, 0.2) is 18.2 Å². The molecule has 0 fully saturated rings. The molecular weight excluding hydrogens is 110 g/mol. The first-order valence-corrected chi connectivity index (χ1v) is 2.86. The molecule has 0 aromatic heterocycles.